The molecule has 3 aliphatic heterocycles. The Morgan fingerprint density at radius 2 is 0.684 bits per heavy atom. The Morgan fingerprint density at radius 1 is 0.443 bits per heavy atom. The van der Waals surface area contributed by atoms with Crippen molar-refractivity contribution < 1.29 is 44.1 Å². The average molecular weight is 1230 g/mol. The molecular weight excluding hydrogens is 1190 g/mol. The molecule has 0 spiro atoms. The first-order valence-electron chi connectivity index (χ1n) is 23.4. The van der Waals surface area contributed by atoms with Crippen LogP contribution in [0.3, 0.4) is 0 Å². The number of benzene rings is 3. The smallest absolute Gasteiger partial charge is 0.323 e. The van der Waals surface area contributed by atoms with E-state index in [-0.39, 0.29) is 42.3 Å². The molecule has 0 unspecified atom stereocenters. The molecule has 6 aromatic rings. The topological polar surface area (TPSA) is 242 Å². The number of aliphatic carboxylic acids is 3. The van der Waals surface area contributed by atoms with Gasteiger partial charge in [-0.2, -0.15) is 0 Å². The number of aromatic nitrogens is 3. The third-order valence-corrected chi connectivity index (χ3v) is 20.1. The summed E-state index contributed by atoms with van der Waals surface area (Å²) in [7, 11) is 0. The highest BCUT2D eigenvalue weighted by Crippen LogP contribution is 2.36. The van der Waals surface area contributed by atoms with E-state index in [2.05, 4.69) is 0 Å². The highest BCUT2D eigenvalue weighted by atomic mass is 32.2. The number of carbonyl (C=O) groups excluding carboxylic acids is 3. The number of amides is 3. The predicted molar refractivity (Wildman–Crippen MR) is 321 cm³/mol. The van der Waals surface area contributed by atoms with Gasteiger partial charge in [-0.15, -0.1) is 34.0 Å². The summed E-state index contributed by atoms with van der Waals surface area (Å²) in [5.41, 5.74) is 1.78. The second kappa shape index (κ2) is 23.4. The number of carboxylic acids is 3. The van der Waals surface area contributed by atoms with Gasteiger partial charge in [-0.25, -0.2) is 0 Å². The minimum absolute atomic E-state index is 0.165. The van der Waals surface area contributed by atoms with E-state index in [9.17, 15) is 58.5 Å². The highest BCUT2D eigenvalue weighted by Gasteiger charge is 2.36. The Labute approximate surface area is 486 Å². The Balaban J connectivity index is 1.13. The van der Waals surface area contributed by atoms with E-state index < -0.39 is 71.9 Å². The van der Waals surface area contributed by atoms with Gasteiger partial charge in [0, 0.05) is 36.7 Å². The van der Waals surface area contributed by atoms with E-state index in [4.69, 9.17) is 36.7 Å². The van der Waals surface area contributed by atoms with Crippen molar-refractivity contribution in [1.29, 1.82) is 0 Å². The lowest BCUT2D eigenvalue weighted by Crippen LogP contribution is -2.35. The normalized spacial score (nSPS) is 17.7. The molecule has 3 aromatic carbocycles. The Morgan fingerprint density at radius 3 is 0.886 bits per heavy atom. The fraction of sp³-hybridized carbons (Fsp3) is 0.176. The van der Waals surface area contributed by atoms with Crippen LogP contribution in [0.4, 0.5) is 17.1 Å². The first-order valence-corrected chi connectivity index (χ1v) is 29.6. The number of rotatable bonds is 15. The molecule has 79 heavy (non-hydrogen) atoms. The molecule has 404 valence electrons. The van der Waals surface area contributed by atoms with E-state index in [1.165, 1.54) is 14.7 Å². The number of hydrogen-bond acceptors (Lipinski definition) is 19. The van der Waals surface area contributed by atoms with Crippen LogP contribution in [0.15, 0.2) is 87.2 Å². The molecule has 3 N–H and O–H groups in total. The Bertz CT molecular complexity index is 3820. The Kier molecular flexibility index (Phi) is 16.9. The van der Waals surface area contributed by atoms with Crippen molar-refractivity contribution in [2.45, 2.75) is 40.4 Å². The van der Waals surface area contributed by atoms with Gasteiger partial charge in [-0.3, -0.25) is 71.6 Å². The predicted octanol–water partition coefficient (Wildman–Crippen LogP) is 2.53. The fourth-order valence-corrected chi connectivity index (χ4v) is 16.3. The summed E-state index contributed by atoms with van der Waals surface area (Å²) < 4.78 is 5.13. The first kappa shape index (κ1) is 56.8. The molecule has 3 amide bonds. The quantitative estimate of drug-likeness (QED) is 0.125. The maximum absolute atomic E-state index is 13.8. The van der Waals surface area contributed by atoms with Crippen LogP contribution in [0, 0.1) is 0 Å². The van der Waals surface area contributed by atoms with Crippen molar-refractivity contribution in [1.82, 2.24) is 28.4 Å². The van der Waals surface area contributed by atoms with Gasteiger partial charge < -0.3 is 20.2 Å². The molecule has 3 aliphatic rings. The van der Waals surface area contributed by atoms with E-state index in [0.29, 0.717) is 66.3 Å². The molecule has 3 saturated heterocycles. The second-order valence-corrected chi connectivity index (χ2v) is 25.0. The number of anilines is 3. The second-order valence-electron chi connectivity index (χ2n) is 17.0. The van der Waals surface area contributed by atoms with Crippen LogP contribution in [-0.4, -0.2) is 112 Å². The molecule has 9 rings (SSSR count). The van der Waals surface area contributed by atoms with Crippen molar-refractivity contribution in [3.63, 3.8) is 0 Å². The molecule has 3 aromatic heterocycles. The molecule has 6 heterocycles. The molecule has 0 aliphatic carbocycles. The lowest BCUT2D eigenvalue weighted by Gasteiger charge is -2.26. The Hall–Kier alpha value is -6.89. The molecular formula is C51H39N7O12S9. The van der Waals surface area contributed by atoms with Crippen molar-refractivity contribution in [3.05, 3.63) is 148 Å². The maximum Gasteiger partial charge on any atom is 0.323 e. The largest absolute Gasteiger partial charge is 0.480 e. The van der Waals surface area contributed by atoms with Crippen LogP contribution in [0.1, 0.15) is 37.5 Å². The fourth-order valence-electron chi connectivity index (χ4n) is 8.36. The SMILES string of the molecule is CCN1C(=O)C(=c2sc(=Cc3ccc(N(c4ccc(C=c5sc(=C6SC(=S)N(CC)C6=O)n(CC(=O)O)c5=O)cc4)c4ccc(C=c5sc(=C6SC(=S)N(CC)C6=O)n(CC(=O)O)c5=O)cc4)cc3)c(=O)n2CC(=O)O)SC1=S. The number of hydrogen-bond donors (Lipinski definition) is 3. The van der Waals surface area contributed by atoms with E-state index >= 15 is 0 Å². The summed E-state index contributed by atoms with van der Waals surface area (Å²) in [6, 6.07) is 21.3. The van der Waals surface area contributed by atoms with Gasteiger partial charge in [0.15, 0.2) is 0 Å². The maximum atomic E-state index is 13.8. The monoisotopic (exact) mass is 1230 g/mol. The summed E-state index contributed by atoms with van der Waals surface area (Å²) in [5, 5.41) is 29.2. The zero-order valence-electron chi connectivity index (χ0n) is 41.2. The number of thioether (sulfide) groups is 3. The zero-order chi connectivity index (χ0) is 56.7. The van der Waals surface area contributed by atoms with E-state index in [1.807, 2.05) is 4.90 Å². The van der Waals surface area contributed by atoms with Gasteiger partial charge >= 0.3 is 17.9 Å². The minimum atomic E-state index is -1.27. The van der Waals surface area contributed by atoms with Crippen molar-refractivity contribution in [3.8, 4) is 0 Å². The minimum Gasteiger partial charge on any atom is -0.480 e. The van der Waals surface area contributed by atoms with Crippen molar-refractivity contribution in [2.24, 2.45) is 0 Å². The van der Waals surface area contributed by atoms with E-state index in [0.717, 1.165) is 83.0 Å². The van der Waals surface area contributed by atoms with Crippen LogP contribution < -0.4 is 49.2 Å². The molecule has 28 heteroatoms. The van der Waals surface area contributed by atoms with Crippen LogP contribution in [0.25, 0.3) is 32.9 Å². The van der Waals surface area contributed by atoms with Crippen LogP contribution in [0.5, 0.6) is 0 Å². The number of nitrogens with zero attached hydrogens (tertiary/aromatic N) is 7. The molecule has 19 nitrogen and oxygen atoms in total. The lowest BCUT2D eigenvalue weighted by atomic mass is 10.1. The van der Waals surface area contributed by atoms with Gasteiger partial charge in [-0.1, -0.05) is 108 Å². The summed E-state index contributed by atoms with van der Waals surface area (Å²) in [4.78, 5) is 124. The summed E-state index contributed by atoms with van der Waals surface area (Å²) >= 11 is 22.1. The van der Waals surface area contributed by atoms with Crippen LogP contribution >= 0.6 is 106 Å². The molecule has 0 bridgehead atoms. The average Bonchev–Trinajstić information content (AvgIpc) is 4.44. The molecule has 0 saturated carbocycles. The van der Waals surface area contributed by atoms with Gasteiger partial charge in [0.25, 0.3) is 34.4 Å². The number of thiocarbonyl (C=S) groups is 3. The summed E-state index contributed by atoms with van der Waals surface area (Å²) in [6.45, 7) is 4.14. The summed E-state index contributed by atoms with van der Waals surface area (Å²) in [5.74, 6) is -5.06. The van der Waals surface area contributed by atoms with Gasteiger partial charge in [0.05, 0.1) is 13.6 Å². The van der Waals surface area contributed by atoms with E-state index in [1.54, 1.807) is 112 Å². The number of carboxylic acid groups (broad SMARTS) is 3. The van der Waals surface area contributed by atoms with Gasteiger partial charge in [0.1, 0.15) is 61.3 Å². The standard InChI is InChI=1S/C51H39N7O12S9/c1-4-52-43(68)37(77-49(52)71)46-55(22-34(59)60)40(65)31(74-46)19-25-7-13-28(14-8-25)58(29-15-9-26(10-16-29)20-32-41(66)56(23-35(61)62)47(75-32)38-44(69)53(5-2)50(72)78-38)30-17-11-27(12-18-30)21-33-42(67)57(24-36(63)64)48(76-33)39-45(70)54(6-3)51(73)79-39/h7-21H,4-6,22-24H2,1-3H3,(H,59,60)(H,61,62)(H,63,64). The number of carbonyl (C=O) groups is 6. The lowest BCUT2D eigenvalue weighted by molar-refractivity contribution is -0.138. The first-order chi connectivity index (χ1) is 37.7. The van der Waals surface area contributed by atoms with Gasteiger partial charge in [-0.05, 0) is 92.1 Å². The van der Waals surface area contributed by atoms with Gasteiger partial charge in [0.2, 0.25) is 0 Å². The third-order valence-electron chi connectivity index (χ3n) is 12.0. The van der Waals surface area contributed by atoms with Crippen LogP contribution in [-0.2, 0) is 48.4 Å². The summed E-state index contributed by atoms with van der Waals surface area (Å²) in [6.07, 6.45) is 4.80. The van der Waals surface area contributed by atoms with Crippen molar-refractivity contribution in [2.75, 3.05) is 24.5 Å². The molecule has 3 fully saturated rings. The molecule has 0 radical (unpaired) electrons. The van der Waals surface area contributed by atoms with Crippen molar-refractivity contribution >= 4 is 205 Å². The third kappa shape index (κ3) is 11.3. The number of thiazole rings is 3. The van der Waals surface area contributed by atoms with Crippen LogP contribution in [0.2, 0.25) is 0 Å². The molecule has 0 atom stereocenters. The highest BCUT2D eigenvalue weighted by molar-refractivity contribution is 8.31. The zero-order valence-corrected chi connectivity index (χ0v) is 48.6.